The molecule has 2 aromatic carbocycles. The lowest BCUT2D eigenvalue weighted by Gasteiger charge is -2.15. The van der Waals surface area contributed by atoms with Crippen LogP contribution in [0.1, 0.15) is 25.0 Å². The molecule has 0 aliphatic carbocycles. The number of nitrogens with zero attached hydrogens (tertiary/aromatic N) is 1. The molecule has 0 aromatic heterocycles. The third-order valence-electron chi connectivity index (χ3n) is 4.34. The fourth-order valence-electron chi connectivity index (χ4n) is 2.91. The van der Waals surface area contributed by atoms with Gasteiger partial charge < -0.3 is 20.1 Å². The van der Waals surface area contributed by atoms with Gasteiger partial charge in [0.25, 0.3) is 0 Å². The molecule has 0 aliphatic heterocycles. The molecule has 0 saturated heterocycles. The van der Waals surface area contributed by atoms with Crippen molar-refractivity contribution < 1.29 is 17.9 Å². The second-order valence-electron chi connectivity index (χ2n) is 7.67. The molecule has 0 atom stereocenters. The maximum Gasteiger partial charge on any atom is 0.195 e. The zero-order valence-electron chi connectivity index (χ0n) is 19.3. The summed E-state index contributed by atoms with van der Waals surface area (Å²) in [5, 5.41) is 6.51. The molecule has 2 aromatic rings. The number of hydrogen-bond donors (Lipinski definition) is 2. The van der Waals surface area contributed by atoms with Crippen molar-refractivity contribution in [2.24, 2.45) is 4.99 Å². The topological polar surface area (TPSA) is 89.0 Å². The van der Waals surface area contributed by atoms with Crippen molar-refractivity contribution in [1.29, 1.82) is 0 Å². The van der Waals surface area contributed by atoms with Gasteiger partial charge in [-0.3, -0.25) is 4.99 Å². The van der Waals surface area contributed by atoms with Crippen LogP contribution in [0.5, 0.6) is 11.5 Å². The molecule has 178 valence electrons. The molecule has 0 bridgehead atoms. The van der Waals surface area contributed by atoms with Crippen molar-refractivity contribution in [3.8, 4) is 11.5 Å². The molecule has 0 radical (unpaired) electrons. The first kappa shape index (κ1) is 28.0. The summed E-state index contributed by atoms with van der Waals surface area (Å²) < 4.78 is 34.0. The molecule has 0 spiro atoms. The first-order valence-electron chi connectivity index (χ1n) is 10.3. The summed E-state index contributed by atoms with van der Waals surface area (Å²) in [6.07, 6.45) is 2.05. The van der Waals surface area contributed by atoms with E-state index in [2.05, 4.69) is 21.7 Å². The zero-order chi connectivity index (χ0) is 22.9. The first-order valence-corrected chi connectivity index (χ1v) is 12.4. The van der Waals surface area contributed by atoms with Gasteiger partial charge in [-0.05, 0) is 63.1 Å². The standard InChI is InChI=1S/C23H33N3O4S.HI/c1-17(2)30-21-9-7-20(8-10-21)26-23(25-14-15-31(5,27)28)24-13-12-19-16-18(3)6-11-22(19)29-4;/h6-11,16-17H,12-15H2,1-5H3,(H2,24,25,26);1H. The van der Waals surface area contributed by atoms with Crippen LogP contribution < -0.4 is 20.1 Å². The molecular weight excluding hydrogens is 541 g/mol. The summed E-state index contributed by atoms with van der Waals surface area (Å²) in [6, 6.07) is 13.6. The van der Waals surface area contributed by atoms with E-state index < -0.39 is 9.84 Å². The van der Waals surface area contributed by atoms with Gasteiger partial charge in [-0.15, -0.1) is 24.0 Å². The Hall–Kier alpha value is -2.01. The highest BCUT2D eigenvalue weighted by Crippen LogP contribution is 2.20. The Balaban J connectivity index is 0.00000512. The number of guanidine groups is 1. The van der Waals surface area contributed by atoms with Crippen LogP contribution in [0.3, 0.4) is 0 Å². The molecule has 0 amide bonds. The number of aliphatic imine (C=N–C) groups is 1. The second kappa shape index (κ2) is 13.5. The minimum atomic E-state index is -3.08. The van der Waals surface area contributed by atoms with Crippen molar-refractivity contribution >= 4 is 45.5 Å². The number of sulfone groups is 1. The van der Waals surface area contributed by atoms with Crippen LogP contribution in [0.25, 0.3) is 0 Å². The molecule has 0 saturated carbocycles. The number of aryl methyl sites for hydroxylation is 1. The van der Waals surface area contributed by atoms with Crippen molar-refractivity contribution in [1.82, 2.24) is 5.32 Å². The number of halogens is 1. The van der Waals surface area contributed by atoms with Crippen LogP contribution in [0.15, 0.2) is 47.5 Å². The smallest absolute Gasteiger partial charge is 0.195 e. The van der Waals surface area contributed by atoms with Crippen LogP contribution in [-0.4, -0.2) is 52.7 Å². The molecule has 0 fully saturated rings. The summed E-state index contributed by atoms with van der Waals surface area (Å²) in [5.74, 6) is 2.15. The van der Waals surface area contributed by atoms with Gasteiger partial charge in [0, 0.05) is 18.5 Å². The van der Waals surface area contributed by atoms with E-state index in [0.29, 0.717) is 12.5 Å². The highest BCUT2D eigenvalue weighted by atomic mass is 127. The fourth-order valence-corrected chi connectivity index (χ4v) is 3.33. The van der Waals surface area contributed by atoms with Crippen LogP contribution in [0, 0.1) is 6.92 Å². The Labute approximate surface area is 208 Å². The Bertz CT molecular complexity index is 977. The third-order valence-corrected chi connectivity index (χ3v) is 5.27. The van der Waals surface area contributed by atoms with Gasteiger partial charge in [-0.2, -0.15) is 0 Å². The lowest BCUT2D eigenvalue weighted by Crippen LogP contribution is -2.33. The van der Waals surface area contributed by atoms with E-state index in [0.717, 1.165) is 29.2 Å². The predicted octanol–water partition coefficient (Wildman–Crippen LogP) is 4.05. The average Bonchev–Trinajstić information content (AvgIpc) is 2.68. The largest absolute Gasteiger partial charge is 0.496 e. The predicted molar refractivity (Wildman–Crippen MR) is 143 cm³/mol. The van der Waals surface area contributed by atoms with E-state index in [1.807, 2.05) is 57.2 Å². The molecule has 32 heavy (non-hydrogen) atoms. The molecule has 7 nitrogen and oxygen atoms in total. The number of hydrogen-bond acceptors (Lipinski definition) is 5. The number of benzene rings is 2. The van der Waals surface area contributed by atoms with E-state index in [1.54, 1.807) is 7.11 Å². The molecule has 0 unspecified atom stereocenters. The summed E-state index contributed by atoms with van der Waals surface area (Å²) in [4.78, 5) is 4.42. The van der Waals surface area contributed by atoms with E-state index >= 15 is 0 Å². The lowest BCUT2D eigenvalue weighted by atomic mass is 10.1. The van der Waals surface area contributed by atoms with Gasteiger partial charge >= 0.3 is 0 Å². The van der Waals surface area contributed by atoms with Crippen molar-refractivity contribution in [2.75, 3.05) is 37.5 Å². The fraction of sp³-hybridized carbons (Fsp3) is 0.435. The summed E-state index contributed by atoms with van der Waals surface area (Å²) in [7, 11) is -1.42. The Morgan fingerprint density at radius 2 is 1.81 bits per heavy atom. The molecule has 2 rings (SSSR count). The maximum absolute atomic E-state index is 11.5. The van der Waals surface area contributed by atoms with Gasteiger partial charge in [0.2, 0.25) is 0 Å². The van der Waals surface area contributed by atoms with E-state index in [1.165, 1.54) is 11.8 Å². The van der Waals surface area contributed by atoms with Gasteiger partial charge in [0.15, 0.2) is 5.96 Å². The maximum atomic E-state index is 11.5. The number of ether oxygens (including phenoxy) is 2. The Morgan fingerprint density at radius 3 is 2.41 bits per heavy atom. The van der Waals surface area contributed by atoms with Crippen molar-refractivity contribution in [2.45, 2.75) is 33.3 Å². The number of nitrogens with one attached hydrogen (secondary N) is 2. The van der Waals surface area contributed by atoms with Gasteiger partial charge in [-0.25, -0.2) is 8.42 Å². The molecule has 9 heteroatoms. The minimum Gasteiger partial charge on any atom is -0.496 e. The highest BCUT2D eigenvalue weighted by molar-refractivity contribution is 14.0. The summed E-state index contributed by atoms with van der Waals surface area (Å²) in [6.45, 7) is 6.79. The third kappa shape index (κ3) is 10.5. The average molecular weight is 576 g/mol. The number of anilines is 1. The van der Waals surface area contributed by atoms with E-state index in [9.17, 15) is 8.42 Å². The van der Waals surface area contributed by atoms with E-state index in [-0.39, 0.29) is 42.4 Å². The molecule has 0 aliphatic rings. The molecule has 2 N–H and O–H groups in total. The van der Waals surface area contributed by atoms with Crippen LogP contribution in [-0.2, 0) is 16.3 Å². The quantitative estimate of drug-likeness (QED) is 0.253. The van der Waals surface area contributed by atoms with E-state index in [4.69, 9.17) is 9.47 Å². The normalized spacial score (nSPS) is 11.6. The minimum absolute atomic E-state index is 0. The zero-order valence-corrected chi connectivity index (χ0v) is 22.5. The van der Waals surface area contributed by atoms with Crippen LogP contribution >= 0.6 is 24.0 Å². The van der Waals surface area contributed by atoms with Gasteiger partial charge in [0.1, 0.15) is 21.3 Å². The summed E-state index contributed by atoms with van der Waals surface area (Å²) in [5.41, 5.74) is 3.09. The first-order chi connectivity index (χ1) is 14.7. The number of methoxy groups -OCH3 is 1. The lowest BCUT2D eigenvalue weighted by molar-refractivity contribution is 0.242. The van der Waals surface area contributed by atoms with Crippen molar-refractivity contribution in [3.05, 3.63) is 53.6 Å². The highest BCUT2D eigenvalue weighted by Gasteiger charge is 2.07. The van der Waals surface area contributed by atoms with Crippen LogP contribution in [0.2, 0.25) is 0 Å². The Kier molecular flexibility index (Phi) is 11.8. The Morgan fingerprint density at radius 1 is 1.12 bits per heavy atom. The van der Waals surface area contributed by atoms with Crippen LogP contribution in [0.4, 0.5) is 5.69 Å². The SMILES string of the molecule is COc1ccc(C)cc1CCNC(=NCCS(C)(=O)=O)Nc1ccc(OC(C)C)cc1.I. The van der Waals surface area contributed by atoms with Gasteiger partial charge in [0.05, 0.1) is 25.5 Å². The second-order valence-corrected chi connectivity index (χ2v) is 9.93. The summed E-state index contributed by atoms with van der Waals surface area (Å²) >= 11 is 0. The van der Waals surface area contributed by atoms with Crippen molar-refractivity contribution in [3.63, 3.8) is 0 Å². The monoisotopic (exact) mass is 575 g/mol. The number of rotatable bonds is 10. The molecule has 0 heterocycles. The molecular formula is C23H34IN3O4S. The van der Waals surface area contributed by atoms with Gasteiger partial charge in [-0.1, -0.05) is 17.7 Å².